The second kappa shape index (κ2) is 11.9. The van der Waals surface area contributed by atoms with Crippen LogP contribution in [-0.2, 0) is 19.8 Å². The van der Waals surface area contributed by atoms with E-state index in [2.05, 4.69) is 96.3 Å². The normalized spacial score (nSPS) is 18.0. The molecular formula is C33H27N4Os-3. The van der Waals surface area contributed by atoms with E-state index in [0.29, 0.717) is 0 Å². The Hall–Kier alpha value is -3.51. The second-order valence-corrected chi connectivity index (χ2v) is 9.34. The van der Waals surface area contributed by atoms with Crippen molar-refractivity contribution in [3.8, 4) is 0 Å². The largest absolute Gasteiger partial charge is 0.665 e. The Bertz CT molecular complexity index is 1380. The van der Waals surface area contributed by atoms with Crippen LogP contribution in [0.3, 0.4) is 0 Å². The zero-order valence-electron chi connectivity index (χ0n) is 21.1. The first-order valence-corrected chi connectivity index (χ1v) is 12.7. The summed E-state index contributed by atoms with van der Waals surface area (Å²) in [5.74, 6) is -0.234. The number of hydrogen-bond donors (Lipinski definition) is 0. The number of hydrogen-bond acceptors (Lipinski definition) is 3. The van der Waals surface area contributed by atoms with E-state index in [1.807, 2.05) is 31.3 Å². The Kier molecular flexibility index (Phi) is 8.18. The van der Waals surface area contributed by atoms with E-state index in [1.54, 1.807) is 0 Å². The van der Waals surface area contributed by atoms with Gasteiger partial charge in [0.05, 0.1) is 22.8 Å². The fourth-order valence-corrected chi connectivity index (χ4v) is 5.26. The summed E-state index contributed by atoms with van der Waals surface area (Å²) < 4.78 is 0. The van der Waals surface area contributed by atoms with Gasteiger partial charge in [0.15, 0.2) is 0 Å². The van der Waals surface area contributed by atoms with Crippen molar-refractivity contribution < 1.29 is 19.8 Å². The van der Waals surface area contributed by atoms with Crippen LogP contribution < -0.4 is 0 Å². The molecule has 2 aromatic carbocycles. The molecule has 5 heteroatoms. The molecule has 0 aliphatic carbocycles. The summed E-state index contributed by atoms with van der Waals surface area (Å²) in [7, 11) is 1.86. The van der Waals surface area contributed by atoms with Crippen LogP contribution in [0.5, 0.6) is 0 Å². The Morgan fingerprint density at radius 3 is 1.39 bits per heavy atom. The number of nitrogens with zero attached hydrogens (tertiary/aromatic N) is 4. The quantitative estimate of drug-likeness (QED) is 0.197. The minimum absolute atomic E-state index is 0. The second-order valence-electron chi connectivity index (χ2n) is 9.34. The van der Waals surface area contributed by atoms with E-state index < -0.39 is 0 Å². The standard InChI is InChI=1S/C33H27N4.Os/c1-34-22-21-25-26-15-8-17-28(35-26)32(23-11-4-2-5-12-23)30-19-10-20-31(37-30)33(24-13-6-3-7-14-24)29-18-9-16-27(25)36-29;/h2-11,13,15-20,25,32-33H,21-22H2,1H3;/q-3;. The van der Waals surface area contributed by atoms with Gasteiger partial charge in [-0.05, 0) is 36.4 Å². The Labute approximate surface area is 237 Å². The summed E-state index contributed by atoms with van der Waals surface area (Å²) in [6.45, 7) is 0.745. The predicted molar refractivity (Wildman–Crippen MR) is 146 cm³/mol. The van der Waals surface area contributed by atoms with Crippen molar-refractivity contribution in [2.24, 2.45) is 0 Å². The summed E-state index contributed by atoms with van der Waals surface area (Å²) in [6, 6.07) is 42.1. The van der Waals surface area contributed by atoms with Gasteiger partial charge in [0, 0.05) is 48.9 Å². The first kappa shape index (κ1) is 26.1. The topological polar surface area (TPSA) is 52.8 Å². The van der Waals surface area contributed by atoms with E-state index >= 15 is 0 Å². The smallest absolute Gasteiger partial charge is 0.0521 e. The van der Waals surface area contributed by atoms with Crippen LogP contribution in [-0.4, -0.2) is 28.5 Å². The summed E-state index contributed by atoms with van der Waals surface area (Å²) in [4.78, 5) is 15.7. The summed E-state index contributed by atoms with van der Waals surface area (Å²) >= 11 is 0. The average molecular weight is 670 g/mol. The number of pyridine rings is 3. The number of rotatable bonds is 5. The zero-order valence-corrected chi connectivity index (χ0v) is 23.6. The minimum Gasteiger partial charge on any atom is -0.665 e. The summed E-state index contributed by atoms with van der Waals surface area (Å²) in [5, 5.41) is 4.41. The zero-order chi connectivity index (χ0) is 25.0. The van der Waals surface area contributed by atoms with Gasteiger partial charge in [-0.3, -0.25) is 15.0 Å². The van der Waals surface area contributed by atoms with Crippen molar-refractivity contribution in [2.45, 2.75) is 24.2 Å². The van der Waals surface area contributed by atoms with Crippen LogP contribution in [0.4, 0.5) is 0 Å². The van der Waals surface area contributed by atoms with Gasteiger partial charge < -0.3 is 5.32 Å². The van der Waals surface area contributed by atoms with Crippen LogP contribution in [0, 0.1) is 12.1 Å². The summed E-state index contributed by atoms with van der Waals surface area (Å²) in [5.41, 5.74) is 7.93. The molecule has 4 heterocycles. The maximum atomic E-state index is 5.26. The molecule has 38 heavy (non-hydrogen) atoms. The monoisotopic (exact) mass is 671 g/mol. The molecule has 0 saturated carbocycles. The molecule has 0 spiro atoms. The van der Waals surface area contributed by atoms with Gasteiger partial charge in [-0.15, -0.1) is 17.7 Å². The van der Waals surface area contributed by atoms with Crippen LogP contribution in [0.2, 0.25) is 0 Å². The third kappa shape index (κ3) is 5.23. The molecule has 2 atom stereocenters. The van der Waals surface area contributed by atoms with E-state index in [1.165, 1.54) is 0 Å². The predicted octanol–water partition coefficient (Wildman–Crippen LogP) is 6.67. The fraction of sp³-hybridized carbons (Fsp3) is 0.182. The fourth-order valence-electron chi connectivity index (χ4n) is 5.26. The minimum atomic E-state index is -0.135. The molecule has 1 aliphatic rings. The third-order valence-corrected chi connectivity index (χ3v) is 7.00. The molecule has 6 bridgehead atoms. The Balaban J connectivity index is 0.00000294. The van der Waals surface area contributed by atoms with Crippen LogP contribution in [0.15, 0.2) is 103 Å². The number of fused-ring (bicyclic) bond motifs is 6. The van der Waals surface area contributed by atoms with Gasteiger partial charge >= 0.3 is 0 Å². The van der Waals surface area contributed by atoms with E-state index in [-0.39, 0.29) is 37.5 Å². The first-order valence-electron chi connectivity index (χ1n) is 12.7. The van der Waals surface area contributed by atoms with Crippen LogP contribution >= 0.6 is 0 Å². The first-order chi connectivity index (χ1) is 18.3. The van der Waals surface area contributed by atoms with E-state index in [9.17, 15) is 0 Å². The molecule has 6 rings (SSSR count). The van der Waals surface area contributed by atoms with Crippen molar-refractivity contribution in [1.82, 2.24) is 15.0 Å². The van der Waals surface area contributed by atoms with Crippen molar-refractivity contribution in [1.29, 1.82) is 0 Å². The number of aromatic nitrogens is 3. The molecule has 0 amide bonds. The molecule has 0 N–H and O–H groups in total. The molecule has 0 radical (unpaired) electrons. The van der Waals surface area contributed by atoms with Gasteiger partial charge in [-0.25, -0.2) is 0 Å². The van der Waals surface area contributed by atoms with Gasteiger partial charge in [-0.1, -0.05) is 24.6 Å². The van der Waals surface area contributed by atoms with E-state index in [0.717, 1.165) is 58.3 Å². The molecular weight excluding hydrogens is 643 g/mol. The van der Waals surface area contributed by atoms with E-state index in [4.69, 9.17) is 15.0 Å². The van der Waals surface area contributed by atoms with Crippen molar-refractivity contribution in [3.05, 3.63) is 166 Å². The molecule has 2 unspecified atom stereocenters. The maximum Gasteiger partial charge on any atom is 0.0521 e. The molecule has 190 valence electrons. The molecule has 0 fully saturated rings. The van der Waals surface area contributed by atoms with Crippen molar-refractivity contribution in [2.75, 3.05) is 13.6 Å². The van der Waals surface area contributed by atoms with Crippen LogP contribution in [0.1, 0.15) is 69.5 Å². The molecule has 5 aromatic rings. The van der Waals surface area contributed by atoms with Crippen LogP contribution in [0.25, 0.3) is 5.32 Å². The molecule has 1 aliphatic heterocycles. The maximum absolute atomic E-state index is 5.26. The van der Waals surface area contributed by atoms with Crippen molar-refractivity contribution in [3.63, 3.8) is 0 Å². The van der Waals surface area contributed by atoms with Crippen molar-refractivity contribution >= 4 is 0 Å². The SMILES string of the molecule is C[N-]CCC1c2cccc(n2)C(c2[c-]cccc2)c2cccc(n2)C(c2[c-]cccc2)c2cccc1n2.[Os]. The average Bonchev–Trinajstić information content (AvgIpc) is 2.95. The molecule has 4 nitrogen and oxygen atoms in total. The Morgan fingerprint density at radius 2 is 1.00 bits per heavy atom. The summed E-state index contributed by atoms with van der Waals surface area (Å²) in [6.07, 6.45) is 0.844. The molecule has 0 saturated heterocycles. The number of benzene rings is 2. The third-order valence-electron chi connectivity index (χ3n) is 7.00. The van der Waals surface area contributed by atoms with Gasteiger partial charge in [-0.2, -0.15) is 67.7 Å². The van der Waals surface area contributed by atoms with Gasteiger partial charge in [0.2, 0.25) is 0 Å². The van der Waals surface area contributed by atoms with Gasteiger partial charge in [0.25, 0.3) is 0 Å². The molecule has 3 aromatic heterocycles. The Morgan fingerprint density at radius 1 is 0.579 bits per heavy atom. The van der Waals surface area contributed by atoms with Gasteiger partial charge in [0.1, 0.15) is 0 Å².